The number of ether oxygens (including phenoxy) is 2. The summed E-state index contributed by atoms with van der Waals surface area (Å²) in [5.41, 5.74) is 2.58. The fourth-order valence-corrected chi connectivity index (χ4v) is 6.54. The Morgan fingerprint density at radius 1 is 1.04 bits per heavy atom. The average molecular weight is 695 g/mol. The van der Waals surface area contributed by atoms with Crippen molar-refractivity contribution < 1.29 is 32.5 Å². The van der Waals surface area contributed by atoms with Gasteiger partial charge in [0.1, 0.15) is 41.5 Å². The van der Waals surface area contributed by atoms with Crippen molar-refractivity contribution in [2.45, 2.75) is 58.0 Å². The summed E-state index contributed by atoms with van der Waals surface area (Å²) in [5, 5.41) is 18.5. The number of rotatable bonds is 12. The minimum absolute atomic E-state index is 0.0840. The highest BCUT2D eigenvalue weighted by Gasteiger charge is 2.33. The van der Waals surface area contributed by atoms with Gasteiger partial charge in [0.15, 0.2) is 17.4 Å². The molecule has 5 aromatic rings. The van der Waals surface area contributed by atoms with Gasteiger partial charge in [0, 0.05) is 31.4 Å². The van der Waals surface area contributed by atoms with Crippen molar-refractivity contribution in [1.29, 1.82) is 5.26 Å². The van der Waals surface area contributed by atoms with Crippen molar-refractivity contribution in [3.63, 3.8) is 0 Å². The van der Waals surface area contributed by atoms with Crippen molar-refractivity contribution >= 4 is 17.0 Å². The van der Waals surface area contributed by atoms with Crippen LogP contribution in [0.1, 0.15) is 53.9 Å². The molecule has 260 valence electrons. The van der Waals surface area contributed by atoms with Gasteiger partial charge in [-0.05, 0) is 73.9 Å². The topological polar surface area (TPSA) is 118 Å². The minimum Gasteiger partial charge on any atom is -0.490 e. The molecule has 1 N–H and O–H groups in total. The molecule has 7 rings (SSSR count). The van der Waals surface area contributed by atoms with E-state index >= 15 is 4.39 Å². The van der Waals surface area contributed by atoms with E-state index in [2.05, 4.69) is 21.7 Å². The van der Waals surface area contributed by atoms with Crippen LogP contribution < -0.4 is 9.47 Å². The number of nitrogens with zero attached hydrogens (tertiary/aromatic N) is 6. The quantitative estimate of drug-likeness (QED) is 0.158. The van der Waals surface area contributed by atoms with Crippen LogP contribution in [0.3, 0.4) is 0 Å². The number of imidazole rings is 2. The Kier molecular flexibility index (Phi) is 9.39. The maximum atomic E-state index is 15.6. The zero-order chi connectivity index (χ0) is 35.6. The maximum absolute atomic E-state index is 15.6. The van der Waals surface area contributed by atoms with E-state index in [0.717, 1.165) is 11.8 Å². The Morgan fingerprint density at radius 3 is 2.57 bits per heavy atom. The summed E-state index contributed by atoms with van der Waals surface area (Å²) >= 11 is 0. The summed E-state index contributed by atoms with van der Waals surface area (Å²) in [6.45, 7) is 4.68. The second-order valence-electron chi connectivity index (χ2n) is 12.6. The van der Waals surface area contributed by atoms with E-state index in [9.17, 15) is 18.7 Å². The van der Waals surface area contributed by atoms with Crippen LogP contribution in [0.4, 0.5) is 13.2 Å². The molecule has 0 spiro atoms. The number of benzene rings is 3. The molecule has 2 atom stereocenters. The number of aliphatic carboxylic acids is 1. The van der Waals surface area contributed by atoms with Crippen LogP contribution in [0.15, 0.2) is 61.1 Å². The van der Waals surface area contributed by atoms with E-state index in [4.69, 9.17) is 19.7 Å². The maximum Gasteiger partial charge on any atom is 0.320 e. The van der Waals surface area contributed by atoms with Gasteiger partial charge in [0.2, 0.25) is 0 Å². The molecule has 1 aliphatic heterocycles. The number of halogens is 3. The Balaban J connectivity index is 1.04. The number of piperidine rings is 1. The van der Waals surface area contributed by atoms with Gasteiger partial charge in [0.25, 0.3) is 0 Å². The number of likely N-dealkylation sites (tertiary alicyclic amines) is 1. The normalized spacial score (nSPS) is 17.4. The lowest BCUT2D eigenvalue weighted by Crippen LogP contribution is -2.38. The van der Waals surface area contributed by atoms with Crippen LogP contribution >= 0.6 is 0 Å². The second-order valence-corrected chi connectivity index (χ2v) is 12.6. The first kappa shape index (κ1) is 33.7. The molecule has 0 amide bonds. The number of hydrogen-bond donors (Lipinski definition) is 1. The number of carboxylic acids is 1. The lowest BCUT2D eigenvalue weighted by Gasteiger charge is -2.32. The number of aromatic nitrogens is 4. The van der Waals surface area contributed by atoms with Gasteiger partial charge in [-0.15, -0.1) is 0 Å². The Labute approximate surface area is 291 Å². The highest BCUT2D eigenvalue weighted by molar-refractivity contribution is 5.81. The first-order valence-electron chi connectivity index (χ1n) is 16.6. The molecule has 51 heavy (non-hydrogen) atoms. The smallest absolute Gasteiger partial charge is 0.320 e. The summed E-state index contributed by atoms with van der Waals surface area (Å²) in [4.78, 5) is 22.9. The molecular weight excluding hydrogens is 661 g/mol. The van der Waals surface area contributed by atoms with Crippen molar-refractivity contribution in [3.8, 4) is 29.4 Å². The number of carboxylic acid groups (broad SMARTS) is 1. The first-order chi connectivity index (χ1) is 24.7. The molecule has 3 aromatic carbocycles. The Hall–Kier alpha value is -5.79. The molecule has 13 heteroatoms. The third-order valence-corrected chi connectivity index (χ3v) is 9.38. The summed E-state index contributed by atoms with van der Waals surface area (Å²) in [7, 11) is 0. The van der Waals surface area contributed by atoms with Gasteiger partial charge in [-0.3, -0.25) is 9.69 Å². The van der Waals surface area contributed by atoms with E-state index in [1.54, 1.807) is 30.7 Å². The summed E-state index contributed by atoms with van der Waals surface area (Å²) in [5.74, 6) is 2.35. The molecule has 2 aliphatic rings. The zero-order valence-electron chi connectivity index (χ0n) is 27.7. The molecule has 0 radical (unpaired) electrons. The van der Waals surface area contributed by atoms with Crippen molar-refractivity contribution in [2.75, 3.05) is 13.1 Å². The molecule has 10 nitrogen and oxygen atoms in total. The Bertz CT molecular complexity index is 2220. The third-order valence-electron chi connectivity index (χ3n) is 9.38. The van der Waals surface area contributed by atoms with Gasteiger partial charge in [-0.2, -0.15) is 5.26 Å². The van der Waals surface area contributed by atoms with Crippen LogP contribution in [0.5, 0.6) is 11.5 Å². The molecule has 2 unspecified atom stereocenters. The van der Waals surface area contributed by atoms with Crippen LogP contribution in [0.2, 0.25) is 0 Å². The van der Waals surface area contributed by atoms with Gasteiger partial charge in [0.05, 0.1) is 48.2 Å². The fraction of sp³-hybridized carbons (Fsp3) is 0.316. The van der Waals surface area contributed by atoms with Gasteiger partial charge >= 0.3 is 5.97 Å². The third kappa shape index (κ3) is 6.98. The van der Waals surface area contributed by atoms with Crippen LogP contribution in [-0.4, -0.2) is 54.3 Å². The lowest BCUT2D eigenvalue weighted by molar-refractivity contribution is -0.140. The predicted octanol–water partition coefficient (Wildman–Crippen LogP) is 6.01. The van der Waals surface area contributed by atoms with E-state index in [-0.39, 0.29) is 35.1 Å². The molecule has 3 heterocycles. The van der Waals surface area contributed by atoms with Crippen molar-refractivity contribution in [3.05, 3.63) is 107 Å². The van der Waals surface area contributed by atoms with E-state index in [1.807, 2.05) is 22.1 Å². The zero-order valence-corrected chi connectivity index (χ0v) is 27.7. The number of nitriles is 1. The van der Waals surface area contributed by atoms with Crippen LogP contribution in [0.25, 0.3) is 11.0 Å². The van der Waals surface area contributed by atoms with E-state index < -0.39 is 35.3 Å². The predicted molar refractivity (Wildman–Crippen MR) is 179 cm³/mol. The molecule has 1 fully saturated rings. The van der Waals surface area contributed by atoms with E-state index in [0.29, 0.717) is 68.2 Å². The molecule has 1 saturated heterocycles. The van der Waals surface area contributed by atoms with Crippen LogP contribution in [-0.2, 0) is 31.0 Å². The Morgan fingerprint density at radius 2 is 1.86 bits per heavy atom. The minimum atomic E-state index is -1.03. The number of fused-ring (bicyclic) bond motifs is 1. The number of carbonyl (C=O) groups is 1. The SMILES string of the molecule is CCn1cncc1Cn1c(CN2CCC(Oc3ccc(F)c(COc4ccc(C#N)cc4F)c3)CC2)nc2c(F)cc(C3C#CC3C(=O)O)cc21. The van der Waals surface area contributed by atoms with Crippen molar-refractivity contribution in [2.24, 2.45) is 5.92 Å². The first-order valence-corrected chi connectivity index (χ1v) is 16.6. The van der Waals surface area contributed by atoms with Gasteiger partial charge < -0.3 is 23.7 Å². The largest absolute Gasteiger partial charge is 0.490 e. The highest BCUT2D eigenvalue weighted by Crippen LogP contribution is 2.34. The summed E-state index contributed by atoms with van der Waals surface area (Å²) < 4.78 is 60.2. The summed E-state index contributed by atoms with van der Waals surface area (Å²) in [6, 6.07) is 13.2. The second kappa shape index (κ2) is 14.2. The molecule has 0 bridgehead atoms. The monoisotopic (exact) mass is 694 g/mol. The average Bonchev–Trinajstić information content (AvgIpc) is 3.70. The molecular formula is C38H33F3N6O4. The highest BCUT2D eigenvalue weighted by atomic mass is 19.1. The molecule has 0 saturated carbocycles. The lowest BCUT2D eigenvalue weighted by atomic mass is 9.80. The number of hydrogen-bond acceptors (Lipinski definition) is 7. The summed E-state index contributed by atoms with van der Waals surface area (Å²) in [6.07, 6.45) is 4.74. The van der Waals surface area contributed by atoms with Crippen LogP contribution in [0, 0.1) is 46.5 Å². The molecule has 2 aromatic heterocycles. The van der Waals surface area contributed by atoms with Crippen molar-refractivity contribution in [1.82, 2.24) is 24.0 Å². The van der Waals surface area contributed by atoms with Gasteiger partial charge in [-0.25, -0.2) is 23.1 Å². The fourth-order valence-electron chi connectivity index (χ4n) is 6.54. The standard InChI is InChI=1S/C38H33F3N6O4/c1-2-46-22-43-18-26(46)19-47-34-16-24(29-5-6-30(29)38(48)49)15-33(41)37(34)44-36(47)20-45-11-9-27(10-12-45)51-28-4-7-31(39)25(14-28)21-50-35-8-3-23(17-42)13-32(35)40/h3-4,7-8,13-16,18,22,27,29-30H,2,9-12,19-21H2,1H3,(H,48,49). The van der Waals surface area contributed by atoms with Gasteiger partial charge in [-0.1, -0.05) is 11.8 Å². The number of aryl methyl sites for hydroxylation is 1. The molecule has 1 aliphatic carbocycles. The van der Waals surface area contributed by atoms with E-state index in [1.165, 1.54) is 24.3 Å².